The van der Waals surface area contributed by atoms with Gasteiger partial charge in [-0.25, -0.2) is 4.68 Å². The molecule has 0 amide bonds. The van der Waals surface area contributed by atoms with Gasteiger partial charge in [0.25, 0.3) is 0 Å². The van der Waals surface area contributed by atoms with E-state index < -0.39 is 0 Å². The molecule has 0 radical (unpaired) electrons. The van der Waals surface area contributed by atoms with Gasteiger partial charge in [-0.1, -0.05) is 47.7 Å². The standard InChI is InChI=1S/C19H13N3S/c1-2-6-15-13(5-1)9-10-18-19(15)14(12-23-18)11-22-17-8-4-3-7-16(17)20-21-22/h1-10,12H,11H2. The van der Waals surface area contributed by atoms with Crippen LogP contribution in [0.4, 0.5) is 0 Å². The predicted octanol–water partition coefficient (Wildman–Crippen LogP) is 4.85. The molecule has 2 aromatic heterocycles. The largest absolute Gasteiger partial charge is 0.240 e. The average molecular weight is 315 g/mol. The SMILES string of the molecule is c1ccc2c(c1)ccc1scc(Cn3nnc4ccccc43)c12. The number of fused-ring (bicyclic) bond motifs is 4. The molecule has 0 unspecified atom stereocenters. The second kappa shape index (κ2) is 4.89. The Morgan fingerprint density at radius 3 is 2.78 bits per heavy atom. The van der Waals surface area contributed by atoms with E-state index in [1.165, 1.54) is 26.4 Å². The van der Waals surface area contributed by atoms with Crippen LogP contribution in [0.1, 0.15) is 5.56 Å². The van der Waals surface area contributed by atoms with Crippen LogP contribution in [0.3, 0.4) is 0 Å². The second-order valence-corrected chi connectivity index (χ2v) is 6.57. The summed E-state index contributed by atoms with van der Waals surface area (Å²) in [5, 5.41) is 14.8. The number of benzene rings is 3. The van der Waals surface area contributed by atoms with Crippen molar-refractivity contribution in [2.24, 2.45) is 0 Å². The van der Waals surface area contributed by atoms with Crippen molar-refractivity contribution in [3.05, 3.63) is 71.6 Å². The molecule has 23 heavy (non-hydrogen) atoms. The average Bonchev–Trinajstić information content (AvgIpc) is 3.20. The van der Waals surface area contributed by atoms with Crippen LogP contribution in [-0.2, 0) is 6.54 Å². The van der Waals surface area contributed by atoms with Crippen molar-refractivity contribution in [1.82, 2.24) is 15.0 Å². The summed E-state index contributed by atoms with van der Waals surface area (Å²) in [6.07, 6.45) is 0. The van der Waals surface area contributed by atoms with Crippen molar-refractivity contribution in [1.29, 1.82) is 0 Å². The van der Waals surface area contributed by atoms with Gasteiger partial charge in [0.15, 0.2) is 0 Å². The molecule has 0 aliphatic carbocycles. The lowest BCUT2D eigenvalue weighted by molar-refractivity contribution is 0.674. The monoisotopic (exact) mass is 315 g/mol. The van der Waals surface area contributed by atoms with Crippen molar-refractivity contribution < 1.29 is 0 Å². The number of nitrogens with zero attached hydrogens (tertiary/aromatic N) is 3. The maximum Gasteiger partial charge on any atom is 0.113 e. The van der Waals surface area contributed by atoms with E-state index in [2.05, 4.69) is 58.2 Å². The summed E-state index contributed by atoms with van der Waals surface area (Å²) < 4.78 is 3.31. The number of aromatic nitrogens is 3. The minimum absolute atomic E-state index is 0.745. The molecule has 0 aliphatic heterocycles. The van der Waals surface area contributed by atoms with Gasteiger partial charge in [0.2, 0.25) is 0 Å². The highest BCUT2D eigenvalue weighted by molar-refractivity contribution is 7.17. The molecule has 0 atom stereocenters. The first kappa shape index (κ1) is 12.8. The minimum atomic E-state index is 0.745. The van der Waals surface area contributed by atoms with Gasteiger partial charge >= 0.3 is 0 Å². The Labute approximate surface area is 136 Å². The summed E-state index contributed by atoms with van der Waals surface area (Å²) in [6, 6.07) is 21.1. The molecular formula is C19H13N3S. The summed E-state index contributed by atoms with van der Waals surface area (Å²) in [7, 11) is 0. The van der Waals surface area contributed by atoms with Crippen molar-refractivity contribution in [2.45, 2.75) is 6.54 Å². The molecule has 5 aromatic rings. The Hall–Kier alpha value is -2.72. The first-order valence-electron chi connectivity index (χ1n) is 7.56. The first-order valence-corrected chi connectivity index (χ1v) is 8.44. The molecule has 0 saturated carbocycles. The lowest BCUT2D eigenvalue weighted by atomic mass is 10.0. The van der Waals surface area contributed by atoms with Gasteiger partial charge in [0.05, 0.1) is 12.1 Å². The maximum atomic E-state index is 4.33. The molecule has 0 spiro atoms. The van der Waals surface area contributed by atoms with E-state index in [0.29, 0.717) is 0 Å². The fourth-order valence-corrected chi connectivity index (χ4v) is 4.15. The molecular weight excluding hydrogens is 302 g/mol. The van der Waals surface area contributed by atoms with Crippen LogP contribution >= 0.6 is 11.3 Å². The molecule has 0 fully saturated rings. The van der Waals surface area contributed by atoms with Crippen molar-refractivity contribution in [3.8, 4) is 0 Å². The highest BCUT2D eigenvalue weighted by Crippen LogP contribution is 2.33. The predicted molar refractivity (Wildman–Crippen MR) is 96.0 cm³/mol. The summed E-state index contributed by atoms with van der Waals surface area (Å²) in [6.45, 7) is 0.745. The van der Waals surface area contributed by atoms with Crippen molar-refractivity contribution in [3.63, 3.8) is 0 Å². The van der Waals surface area contributed by atoms with Crippen LogP contribution in [0, 0.1) is 0 Å². The van der Waals surface area contributed by atoms with E-state index in [1.54, 1.807) is 11.3 Å². The van der Waals surface area contributed by atoms with Crippen LogP contribution < -0.4 is 0 Å². The summed E-state index contributed by atoms with van der Waals surface area (Å²) in [4.78, 5) is 0. The Balaban J connectivity index is 1.73. The number of hydrogen-bond acceptors (Lipinski definition) is 3. The topological polar surface area (TPSA) is 30.7 Å². The quantitative estimate of drug-likeness (QED) is 0.466. The van der Waals surface area contributed by atoms with E-state index in [4.69, 9.17) is 0 Å². The Kier molecular flexibility index (Phi) is 2.72. The number of hydrogen-bond donors (Lipinski definition) is 0. The molecule has 0 N–H and O–H groups in total. The van der Waals surface area contributed by atoms with Crippen LogP contribution in [0.15, 0.2) is 66.0 Å². The Bertz CT molecular complexity index is 1150. The van der Waals surface area contributed by atoms with Crippen LogP contribution in [-0.4, -0.2) is 15.0 Å². The summed E-state index contributed by atoms with van der Waals surface area (Å²) in [5.74, 6) is 0. The minimum Gasteiger partial charge on any atom is -0.240 e. The molecule has 0 aliphatic rings. The normalized spacial score (nSPS) is 11.7. The molecule has 0 saturated heterocycles. The number of thiophene rings is 1. The molecule has 110 valence electrons. The van der Waals surface area contributed by atoms with Crippen LogP contribution in [0.5, 0.6) is 0 Å². The Morgan fingerprint density at radius 1 is 0.913 bits per heavy atom. The van der Waals surface area contributed by atoms with Gasteiger partial charge in [-0.15, -0.1) is 16.4 Å². The molecule has 3 nitrogen and oxygen atoms in total. The van der Waals surface area contributed by atoms with Gasteiger partial charge in [-0.2, -0.15) is 0 Å². The zero-order valence-electron chi connectivity index (χ0n) is 12.3. The van der Waals surface area contributed by atoms with Crippen LogP contribution in [0.25, 0.3) is 31.9 Å². The molecule has 2 heterocycles. The smallest absolute Gasteiger partial charge is 0.113 e. The fraction of sp³-hybridized carbons (Fsp3) is 0.0526. The number of para-hydroxylation sites is 1. The molecule has 4 heteroatoms. The van der Waals surface area contributed by atoms with E-state index in [9.17, 15) is 0 Å². The van der Waals surface area contributed by atoms with Crippen LogP contribution in [0.2, 0.25) is 0 Å². The van der Waals surface area contributed by atoms with Crippen molar-refractivity contribution in [2.75, 3.05) is 0 Å². The van der Waals surface area contributed by atoms with Gasteiger partial charge in [-0.3, -0.25) is 0 Å². The third kappa shape index (κ3) is 1.95. The third-order valence-electron chi connectivity index (χ3n) is 4.28. The van der Waals surface area contributed by atoms with E-state index in [-0.39, 0.29) is 0 Å². The van der Waals surface area contributed by atoms with Gasteiger partial charge in [-0.05, 0) is 39.9 Å². The van der Waals surface area contributed by atoms with Gasteiger partial charge in [0.1, 0.15) is 5.52 Å². The maximum absolute atomic E-state index is 4.33. The summed E-state index contributed by atoms with van der Waals surface area (Å²) in [5.41, 5.74) is 3.32. The van der Waals surface area contributed by atoms with E-state index >= 15 is 0 Å². The zero-order valence-corrected chi connectivity index (χ0v) is 13.1. The summed E-state index contributed by atoms with van der Waals surface area (Å²) >= 11 is 1.79. The third-order valence-corrected chi connectivity index (χ3v) is 5.28. The van der Waals surface area contributed by atoms with E-state index in [0.717, 1.165) is 17.6 Å². The lowest BCUT2D eigenvalue weighted by Crippen LogP contribution is -2.01. The molecule has 5 rings (SSSR count). The highest BCUT2D eigenvalue weighted by Gasteiger charge is 2.11. The Morgan fingerprint density at radius 2 is 1.78 bits per heavy atom. The first-order chi connectivity index (χ1) is 11.4. The molecule has 0 bridgehead atoms. The number of rotatable bonds is 2. The van der Waals surface area contributed by atoms with Gasteiger partial charge < -0.3 is 0 Å². The van der Waals surface area contributed by atoms with Gasteiger partial charge in [0, 0.05) is 10.1 Å². The zero-order chi connectivity index (χ0) is 15.2. The van der Waals surface area contributed by atoms with Crippen molar-refractivity contribution >= 4 is 43.2 Å². The highest BCUT2D eigenvalue weighted by atomic mass is 32.1. The van der Waals surface area contributed by atoms with E-state index in [1.807, 2.05) is 22.9 Å². The second-order valence-electron chi connectivity index (χ2n) is 5.66. The lowest BCUT2D eigenvalue weighted by Gasteiger charge is -2.05. The fourth-order valence-electron chi connectivity index (χ4n) is 3.19. The molecule has 3 aromatic carbocycles.